The molecular weight excluding hydrogens is 430 g/mol. The molecule has 32 heavy (non-hydrogen) atoms. The molecule has 1 amide bonds. The molecule has 0 aliphatic heterocycles. The minimum atomic E-state index is -3.90. The van der Waals surface area contributed by atoms with Gasteiger partial charge < -0.3 is 9.88 Å². The summed E-state index contributed by atoms with van der Waals surface area (Å²) in [7, 11) is -3.90. The second kappa shape index (κ2) is 8.63. The molecule has 0 unspecified atom stereocenters. The molecule has 10 nitrogen and oxygen atoms in total. The second-order valence-corrected chi connectivity index (χ2v) is 8.99. The molecule has 4 aromatic rings. The molecule has 0 saturated carbocycles. The number of aromatic nitrogens is 6. The molecular formula is C21H19N7O3S. The van der Waals surface area contributed by atoms with Crippen LogP contribution < -0.4 is 5.32 Å². The zero-order valence-corrected chi connectivity index (χ0v) is 18.1. The first-order valence-electron chi connectivity index (χ1n) is 9.66. The summed E-state index contributed by atoms with van der Waals surface area (Å²) in [5.74, 6) is 0.373. The fraction of sp³-hybridized carbons (Fsp3) is 0.143. The minimum absolute atomic E-state index is 0.0580. The van der Waals surface area contributed by atoms with Gasteiger partial charge in [-0.2, -0.15) is 0 Å². The number of benzene rings is 1. The lowest BCUT2D eigenvalue weighted by atomic mass is 10.2. The van der Waals surface area contributed by atoms with Gasteiger partial charge in [0.15, 0.2) is 10.9 Å². The average Bonchev–Trinajstić information content (AvgIpc) is 3.30. The van der Waals surface area contributed by atoms with Crippen LogP contribution in [0, 0.1) is 0 Å². The molecule has 162 valence electrons. The van der Waals surface area contributed by atoms with Crippen molar-refractivity contribution in [2.24, 2.45) is 0 Å². The van der Waals surface area contributed by atoms with E-state index in [4.69, 9.17) is 0 Å². The molecule has 1 N–H and O–H groups in total. The number of carbonyl (C=O) groups is 1. The van der Waals surface area contributed by atoms with Crippen molar-refractivity contribution in [3.8, 4) is 11.5 Å². The van der Waals surface area contributed by atoms with Crippen molar-refractivity contribution >= 4 is 21.6 Å². The highest BCUT2D eigenvalue weighted by Gasteiger charge is 2.21. The Morgan fingerprint density at radius 2 is 1.91 bits per heavy atom. The van der Waals surface area contributed by atoms with Crippen molar-refractivity contribution < 1.29 is 13.2 Å². The number of hydrogen-bond donors (Lipinski definition) is 1. The van der Waals surface area contributed by atoms with Crippen molar-refractivity contribution in [3.05, 3.63) is 72.9 Å². The predicted octanol–water partition coefficient (Wildman–Crippen LogP) is 2.80. The highest BCUT2D eigenvalue weighted by atomic mass is 32.2. The van der Waals surface area contributed by atoms with Crippen LogP contribution in [0.1, 0.15) is 30.2 Å². The Labute approximate surface area is 184 Å². The maximum Gasteiger partial charge on any atom is 0.256 e. The predicted molar refractivity (Wildman–Crippen MR) is 116 cm³/mol. The molecule has 1 aromatic carbocycles. The third kappa shape index (κ3) is 4.23. The van der Waals surface area contributed by atoms with Crippen LogP contribution in [0.3, 0.4) is 0 Å². The Morgan fingerprint density at radius 3 is 2.66 bits per heavy atom. The molecule has 3 aromatic heterocycles. The van der Waals surface area contributed by atoms with Crippen molar-refractivity contribution in [1.82, 2.24) is 29.7 Å². The fourth-order valence-corrected chi connectivity index (χ4v) is 4.15. The Balaban J connectivity index is 1.59. The van der Waals surface area contributed by atoms with Gasteiger partial charge in [-0.1, -0.05) is 12.1 Å². The summed E-state index contributed by atoms with van der Waals surface area (Å²) in [5.41, 5.74) is 0.709. The van der Waals surface area contributed by atoms with Gasteiger partial charge in [0.1, 0.15) is 17.8 Å². The van der Waals surface area contributed by atoms with Gasteiger partial charge in [-0.05, 0) is 44.2 Å². The van der Waals surface area contributed by atoms with Crippen molar-refractivity contribution in [1.29, 1.82) is 0 Å². The van der Waals surface area contributed by atoms with Crippen LogP contribution in [0.2, 0.25) is 0 Å². The normalized spacial score (nSPS) is 11.5. The molecule has 0 fully saturated rings. The first-order valence-corrected chi connectivity index (χ1v) is 11.1. The van der Waals surface area contributed by atoms with E-state index in [0.29, 0.717) is 17.3 Å². The topological polar surface area (TPSA) is 133 Å². The lowest BCUT2D eigenvalue weighted by molar-refractivity contribution is 0.102. The highest BCUT2D eigenvalue weighted by molar-refractivity contribution is 7.91. The number of hydrogen-bond acceptors (Lipinski definition) is 8. The van der Waals surface area contributed by atoms with Gasteiger partial charge in [-0.3, -0.25) is 9.78 Å². The maximum atomic E-state index is 12.8. The van der Waals surface area contributed by atoms with Crippen LogP contribution in [0.4, 0.5) is 5.82 Å². The first-order chi connectivity index (χ1) is 15.4. The van der Waals surface area contributed by atoms with Crippen LogP contribution in [-0.2, 0) is 9.84 Å². The fourth-order valence-electron chi connectivity index (χ4n) is 2.97. The SMILES string of the molecule is CC(C)n1cnnc1-c1cccc(NC(=O)c2cccc(S(=O)(=O)c3cnccn3)c2)n1. The van der Waals surface area contributed by atoms with E-state index in [2.05, 4.69) is 30.5 Å². The van der Waals surface area contributed by atoms with Crippen molar-refractivity contribution in [2.75, 3.05) is 5.32 Å². The van der Waals surface area contributed by atoms with E-state index in [1.807, 2.05) is 18.4 Å². The quantitative estimate of drug-likeness (QED) is 0.475. The summed E-state index contributed by atoms with van der Waals surface area (Å²) in [4.78, 5) is 24.8. The molecule has 0 aliphatic rings. The number of nitrogens with zero attached hydrogens (tertiary/aromatic N) is 6. The smallest absolute Gasteiger partial charge is 0.256 e. The van der Waals surface area contributed by atoms with Crippen molar-refractivity contribution in [3.63, 3.8) is 0 Å². The van der Waals surface area contributed by atoms with Gasteiger partial charge in [0.2, 0.25) is 9.84 Å². The van der Waals surface area contributed by atoms with E-state index in [-0.39, 0.29) is 21.5 Å². The zero-order chi connectivity index (χ0) is 22.7. The summed E-state index contributed by atoms with van der Waals surface area (Å²) >= 11 is 0. The Kier molecular flexibility index (Phi) is 5.73. The van der Waals surface area contributed by atoms with Crippen molar-refractivity contribution in [2.45, 2.75) is 29.8 Å². The second-order valence-electron chi connectivity index (χ2n) is 7.09. The monoisotopic (exact) mass is 449 g/mol. The van der Waals surface area contributed by atoms with Crippen LogP contribution >= 0.6 is 0 Å². The van der Waals surface area contributed by atoms with Gasteiger partial charge in [0.25, 0.3) is 5.91 Å². The summed E-state index contributed by atoms with van der Waals surface area (Å²) in [5, 5.41) is 10.6. The Hall–Kier alpha value is -3.99. The molecule has 0 radical (unpaired) electrons. The lowest BCUT2D eigenvalue weighted by Gasteiger charge is -2.11. The summed E-state index contributed by atoms with van der Waals surface area (Å²) in [6, 6.07) is 11.0. The third-order valence-corrected chi connectivity index (χ3v) is 6.21. The molecule has 0 spiro atoms. The number of pyridine rings is 1. The Morgan fingerprint density at radius 1 is 1.09 bits per heavy atom. The molecule has 3 heterocycles. The van der Waals surface area contributed by atoms with E-state index >= 15 is 0 Å². The highest BCUT2D eigenvalue weighted by Crippen LogP contribution is 2.22. The maximum absolute atomic E-state index is 12.8. The van der Waals surface area contributed by atoms with Gasteiger partial charge >= 0.3 is 0 Å². The third-order valence-electron chi connectivity index (χ3n) is 4.57. The number of carbonyl (C=O) groups excluding carboxylic acids is 1. The van der Waals surface area contributed by atoms with E-state index in [0.717, 1.165) is 6.20 Å². The lowest BCUT2D eigenvalue weighted by Crippen LogP contribution is -2.14. The zero-order valence-electron chi connectivity index (χ0n) is 17.2. The van der Waals surface area contributed by atoms with Crippen LogP contribution in [0.5, 0.6) is 0 Å². The van der Waals surface area contributed by atoms with Crippen LogP contribution in [0.25, 0.3) is 11.5 Å². The molecule has 0 aliphatic carbocycles. The van der Waals surface area contributed by atoms with Crippen LogP contribution in [0.15, 0.2) is 77.3 Å². The van der Waals surface area contributed by atoms with E-state index < -0.39 is 15.7 Å². The molecule has 0 bridgehead atoms. The standard InChI is InChI=1S/C21H19N7O3S/c1-14(2)28-13-24-27-20(28)17-7-4-8-18(25-17)26-21(29)15-5-3-6-16(11-15)32(30,31)19-12-22-9-10-23-19/h3-14H,1-2H3,(H,25,26,29). The number of nitrogens with one attached hydrogen (secondary N) is 1. The van der Waals surface area contributed by atoms with Gasteiger partial charge in [-0.25, -0.2) is 18.4 Å². The van der Waals surface area contributed by atoms with Gasteiger partial charge in [0.05, 0.1) is 11.1 Å². The number of amides is 1. The molecule has 4 rings (SSSR count). The van der Waals surface area contributed by atoms with Crippen LogP contribution in [-0.4, -0.2) is 44.0 Å². The Bertz CT molecular complexity index is 1370. The molecule has 0 saturated heterocycles. The largest absolute Gasteiger partial charge is 0.310 e. The minimum Gasteiger partial charge on any atom is -0.310 e. The average molecular weight is 449 g/mol. The molecule has 0 atom stereocenters. The number of anilines is 1. The van der Waals surface area contributed by atoms with Gasteiger partial charge in [0, 0.05) is 24.0 Å². The van der Waals surface area contributed by atoms with E-state index in [1.54, 1.807) is 24.5 Å². The molecule has 11 heteroatoms. The number of sulfone groups is 1. The first kappa shape index (κ1) is 21.2. The summed E-state index contributed by atoms with van der Waals surface area (Å²) < 4.78 is 27.4. The van der Waals surface area contributed by atoms with E-state index in [9.17, 15) is 13.2 Å². The summed E-state index contributed by atoms with van der Waals surface area (Å²) in [6.45, 7) is 4.00. The number of rotatable bonds is 6. The summed E-state index contributed by atoms with van der Waals surface area (Å²) in [6.07, 6.45) is 5.46. The van der Waals surface area contributed by atoms with Gasteiger partial charge in [-0.15, -0.1) is 10.2 Å². The van der Waals surface area contributed by atoms with E-state index in [1.165, 1.54) is 36.7 Å².